The average molecular weight is 630 g/mol. The number of aliphatic hydroxyl groups is 1. The third-order valence-electron chi connectivity index (χ3n) is 6.46. The van der Waals surface area contributed by atoms with Crippen LogP contribution in [0.1, 0.15) is 69.8 Å². The number of esters is 1. The maximum absolute atomic E-state index is 14.3. The highest BCUT2D eigenvalue weighted by Crippen LogP contribution is 2.29. The van der Waals surface area contributed by atoms with Gasteiger partial charge in [-0.25, -0.2) is 9.59 Å². The number of aryl methyl sites for hydroxylation is 2. The van der Waals surface area contributed by atoms with Crippen LogP contribution >= 0.6 is 12.6 Å². The number of carbonyl (C=O) groups is 4. The van der Waals surface area contributed by atoms with Crippen molar-refractivity contribution in [3.05, 3.63) is 70.8 Å². The maximum Gasteiger partial charge on any atom is 0.408 e. The highest BCUT2D eigenvalue weighted by Gasteiger charge is 2.39. The number of carbonyl (C=O) groups excluding carboxylic acids is 4. The Balaban J connectivity index is 2.59. The minimum atomic E-state index is -1.26. The van der Waals surface area contributed by atoms with Crippen molar-refractivity contribution in [3.63, 3.8) is 0 Å². The van der Waals surface area contributed by atoms with Crippen LogP contribution in [0.15, 0.2) is 48.5 Å². The zero-order valence-electron chi connectivity index (χ0n) is 27.0. The van der Waals surface area contributed by atoms with Crippen LogP contribution in [0.5, 0.6) is 0 Å². The second kappa shape index (κ2) is 15.9. The van der Waals surface area contributed by atoms with Crippen LogP contribution in [-0.4, -0.2) is 76.1 Å². The molecule has 11 heteroatoms. The second-order valence-corrected chi connectivity index (χ2v) is 13.0. The van der Waals surface area contributed by atoms with Crippen LogP contribution < -0.4 is 10.6 Å². The average Bonchev–Trinajstić information content (AvgIpc) is 2.90. The van der Waals surface area contributed by atoms with Crippen LogP contribution in [0, 0.1) is 13.8 Å². The molecule has 0 fully saturated rings. The molecule has 0 aliphatic heterocycles. The van der Waals surface area contributed by atoms with Gasteiger partial charge in [0.05, 0.1) is 6.61 Å². The molecule has 3 atom stereocenters. The number of nitrogens with one attached hydrogen (secondary N) is 2. The smallest absolute Gasteiger partial charge is 0.408 e. The van der Waals surface area contributed by atoms with E-state index in [2.05, 4.69) is 23.3 Å². The van der Waals surface area contributed by atoms with E-state index < -0.39 is 59.8 Å². The number of benzene rings is 2. The van der Waals surface area contributed by atoms with E-state index in [1.165, 1.54) is 4.90 Å². The summed E-state index contributed by atoms with van der Waals surface area (Å²) in [5.41, 5.74) is 1.15. The van der Waals surface area contributed by atoms with E-state index in [0.29, 0.717) is 5.56 Å². The molecule has 44 heavy (non-hydrogen) atoms. The van der Waals surface area contributed by atoms with E-state index in [1.807, 2.05) is 62.4 Å². The van der Waals surface area contributed by atoms with Crippen molar-refractivity contribution in [1.29, 1.82) is 0 Å². The number of thiol groups is 1. The van der Waals surface area contributed by atoms with E-state index in [-0.39, 0.29) is 18.7 Å². The lowest BCUT2D eigenvalue weighted by Gasteiger charge is -2.36. The second-order valence-electron chi connectivity index (χ2n) is 12.6. The Morgan fingerprint density at radius 1 is 0.841 bits per heavy atom. The van der Waals surface area contributed by atoms with Crippen LogP contribution in [0.3, 0.4) is 0 Å². The first-order valence-electron chi connectivity index (χ1n) is 14.6. The lowest BCUT2D eigenvalue weighted by Crippen LogP contribution is -2.56. The molecule has 3 N–H and O–H groups in total. The summed E-state index contributed by atoms with van der Waals surface area (Å²) in [6.07, 6.45) is -0.677. The molecule has 242 valence electrons. The Labute approximate surface area is 266 Å². The SMILES string of the molecule is Cc1cccc(C)c1C(C(=O)NC(Cc1ccccc1)C(=O)OC(C)(C)C)N(CCO)C(=O)C(CS)NC(=O)OC(C)(C)C. The van der Waals surface area contributed by atoms with Crippen molar-refractivity contribution in [2.24, 2.45) is 0 Å². The molecule has 2 aromatic rings. The van der Waals surface area contributed by atoms with Gasteiger partial charge in [0.25, 0.3) is 0 Å². The lowest BCUT2D eigenvalue weighted by atomic mass is 9.93. The van der Waals surface area contributed by atoms with Gasteiger partial charge in [0.1, 0.15) is 29.3 Å². The molecule has 2 aromatic carbocycles. The number of rotatable bonds is 12. The number of ether oxygens (including phenoxy) is 2. The highest BCUT2D eigenvalue weighted by molar-refractivity contribution is 7.80. The first-order chi connectivity index (χ1) is 20.5. The van der Waals surface area contributed by atoms with E-state index in [1.54, 1.807) is 41.5 Å². The molecule has 0 aromatic heterocycles. The minimum Gasteiger partial charge on any atom is -0.458 e. The standard InChI is InChI=1S/C33H47N3O7S/c1-21-13-12-14-22(2)26(21)27(36(17-18-37)29(39)25(20-44)35-31(41)43-33(6,7)8)28(38)34-24(30(40)42-32(3,4)5)19-23-15-10-9-11-16-23/h9-16,24-25,27,37,44H,17-20H2,1-8H3,(H,34,38)(H,35,41). The quantitative estimate of drug-likeness (QED) is 0.206. The summed E-state index contributed by atoms with van der Waals surface area (Å²) in [6.45, 7) is 13.2. The van der Waals surface area contributed by atoms with Gasteiger partial charge in [0.2, 0.25) is 11.8 Å². The third-order valence-corrected chi connectivity index (χ3v) is 6.83. The molecule has 0 spiro atoms. The lowest BCUT2D eigenvalue weighted by molar-refractivity contribution is -0.159. The summed E-state index contributed by atoms with van der Waals surface area (Å²) in [7, 11) is 0. The molecule has 0 aliphatic rings. The number of aliphatic hydroxyl groups excluding tert-OH is 1. The molecule has 10 nitrogen and oxygen atoms in total. The van der Waals surface area contributed by atoms with Crippen molar-refractivity contribution in [2.45, 2.75) is 91.1 Å². The van der Waals surface area contributed by atoms with Crippen LogP contribution in [0.2, 0.25) is 0 Å². The van der Waals surface area contributed by atoms with E-state index >= 15 is 0 Å². The van der Waals surface area contributed by atoms with Gasteiger partial charge in [-0.05, 0) is 77.6 Å². The number of hydrogen-bond acceptors (Lipinski definition) is 8. The summed E-state index contributed by atoms with van der Waals surface area (Å²) >= 11 is 4.29. The Morgan fingerprint density at radius 3 is 1.91 bits per heavy atom. The third kappa shape index (κ3) is 11.2. The van der Waals surface area contributed by atoms with Crippen LogP contribution in [0.4, 0.5) is 4.79 Å². The maximum atomic E-state index is 14.3. The van der Waals surface area contributed by atoms with Crippen LogP contribution in [0.25, 0.3) is 0 Å². The number of alkyl carbamates (subject to hydrolysis) is 1. The minimum absolute atomic E-state index is 0.102. The number of nitrogens with zero attached hydrogens (tertiary/aromatic N) is 1. The summed E-state index contributed by atoms with van der Waals surface area (Å²) in [5.74, 6) is -2.03. The molecular formula is C33H47N3O7S. The van der Waals surface area contributed by atoms with Crippen molar-refractivity contribution in [2.75, 3.05) is 18.9 Å². The molecule has 0 aliphatic carbocycles. The molecule has 0 saturated carbocycles. The van der Waals surface area contributed by atoms with Gasteiger partial charge in [0.15, 0.2) is 0 Å². The van der Waals surface area contributed by atoms with Gasteiger partial charge < -0.3 is 30.1 Å². The summed E-state index contributed by atoms with van der Waals surface area (Å²) < 4.78 is 11.0. The fourth-order valence-corrected chi connectivity index (χ4v) is 4.91. The van der Waals surface area contributed by atoms with Crippen molar-refractivity contribution in [1.82, 2.24) is 15.5 Å². The van der Waals surface area contributed by atoms with Crippen molar-refractivity contribution in [3.8, 4) is 0 Å². The predicted molar refractivity (Wildman–Crippen MR) is 172 cm³/mol. The van der Waals surface area contributed by atoms with Gasteiger partial charge in [-0.2, -0.15) is 12.6 Å². The van der Waals surface area contributed by atoms with Gasteiger partial charge in [-0.3, -0.25) is 9.59 Å². The number of amides is 3. The Hall–Kier alpha value is -3.57. The monoisotopic (exact) mass is 629 g/mol. The topological polar surface area (TPSA) is 134 Å². The van der Waals surface area contributed by atoms with Crippen molar-refractivity contribution < 1.29 is 33.8 Å². The van der Waals surface area contributed by atoms with Crippen molar-refractivity contribution >= 4 is 36.5 Å². The van der Waals surface area contributed by atoms with Gasteiger partial charge in [-0.15, -0.1) is 0 Å². The molecular weight excluding hydrogens is 582 g/mol. The first-order valence-corrected chi connectivity index (χ1v) is 15.3. The molecule has 0 saturated heterocycles. The van der Waals surface area contributed by atoms with Crippen LogP contribution in [-0.2, 0) is 30.3 Å². The molecule has 3 unspecified atom stereocenters. The Morgan fingerprint density at radius 2 is 1.41 bits per heavy atom. The normalized spacial score (nSPS) is 13.7. The summed E-state index contributed by atoms with van der Waals surface area (Å²) in [6, 6.07) is 11.1. The predicted octanol–water partition coefficient (Wildman–Crippen LogP) is 4.06. The Kier molecular flexibility index (Phi) is 13.3. The molecule has 0 bridgehead atoms. The zero-order valence-corrected chi connectivity index (χ0v) is 27.9. The van der Waals surface area contributed by atoms with Gasteiger partial charge in [0, 0.05) is 18.7 Å². The molecule has 2 rings (SSSR count). The Bertz CT molecular complexity index is 1270. The fourth-order valence-electron chi connectivity index (χ4n) is 4.66. The molecule has 0 heterocycles. The molecule has 0 radical (unpaired) electrons. The summed E-state index contributed by atoms with van der Waals surface area (Å²) in [4.78, 5) is 55.5. The van der Waals surface area contributed by atoms with E-state index in [9.17, 15) is 24.3 Å². The highest BCUT2D eigenvalue weighted by atomic mass is 32.1. The fraction of sp³-hybridized carbons (Fsp3) is 0.515. The first kappa shape index (κ1) is 36.6. The van der Waals surface area contributed by atoms with Gasteiger partial charge in [-0.1, -0.05) is 48.5 Å². The summed E-state index contributed by atoms with van der Waals surface area (Å²) in [5, 5.41) is 15.4. The van der Waals surface area contributed by atoms with Gasteiger partial charge >= 0.3 is 12.1 Å². The number of hydrogen-bond donors (Lipinski definition) is 4. The molecule has 3 amide bonds. The van der Waals surface area contributed by atoms with E-state index in [4.69, 9.17) is 9.47 Å². The zero-order chi connectivity index (χ0) is 33.2. The largest absolute Gasteiger partial charge is 0.458 e. The van der Waals surface area contributed by atoms with E-state index in [0.717, 1.165) is 16.7 Å².